The Bertz CT molecular complexity index is 3050. The minimum Gasteiger partial charge on any atom is -0.439 e. The number of aromatic nitrogens is 4. The van der Waals surface area contributed by atoms with Crippen LogP contribution in [0.4, 0.5) is 26.3 Å². The van der Waals surface area contributed by atoms with Crippen LogP contribution >= 0.6 is 0 Å². The molecule has 0 fully saturated rings. The highest BCUT2D eigenvalue weighted by atomic mass is 19.2. The molecule has 8 nitrogen and oxygen atoms in total. The first-order chi connectivity index (χ1) is 35.9. The van der Waals surface area contributed by atoms with Crippen molar-refractivity contribution in [2.24, 2.45) is 22.7 Å². The predicted molar refractivity (Wildman–Crippen MR) is 286 cm³/mol. The van der Waals surface area contributed by atoms with Gasteiger partial charge in [0.1, 0.15) is 34.6 Å². The van der Waals surface area contributed by atoms with E-state index in [1.165, 1.54) is 35.4 Å². The molecule has 0 unspecified atom stereocenters. The van der Waals surface area contributed by atoms with Gasteiger partial charge in [-0.05, 0) is 137 Å². The lowest BCUT2D eigenvalue weighted by Gasteiger charge is -2.18. The Labute approximate surface area is 443 Å². The van der Waals surface area contributed by atoms with E-state index >= 15 is 0 Å². The predicted octanol–water partition coefficient (Wildman–Crippen LogP) is 17.9. The Hall–Kier alpha value is -7.74. The number of pyridine rings is 4. The number of benzene rings is 4. The molecule has 400 valence electrons. The summed E-state index contributed by atoms with van der Waals surface area (Å²) < 4.78 is 99.4. The molecule has 0 bridgehead atoms. The first-order valence-corrected chi connectivity index (χ1v) is 24.9. The van der Waals surface area contributed by atoms with E-state index < -0.39 is 29.5 Å². The minimum atomic E-state index is -1.16. The molecular weight excluding hydrogens is 979 g/mol. The zero-order valence-corrected chi connectivity index (χ0v) is 44.7. The lowest BCUT2D eigenvalue weighted by Crippen LogP contribution is -2.09. The summed E-state index contributed by atoms with van der Waals surface area (Å²) in [7, 11) is 0. The van der Waals surface area contributed by atoms with Crippen molar-refractivity contribution in [3.05, 3.63) is 215 Å². The van der Waals surface area contributed by atoms with E-state index in [2.05, 4.69) is 101 Å². The Morgan fingerprint density at radius 2 is 0.816 bits per heavy atom. The molecule has 0 atom stereocenters. The fourth-order valence-corrected chi connectivity index (χ4v) is 7.38. The number of rotatable bonds is 14. The van der Waals surface area contributed by atoms with Crippen LogP contribution in [0.1, 0.15) is 91.5 Å². The summed E-state index contributed by atoms with van der Waals surface area (Å²) in [5.74, 6) is -0.403. The fraction of sp³-hybridized carbons (Fsp3) is 0.290. The Balaban J connectivity index is 0.000000187. The van der Waals surface area contributed by atoms with Gasteiger partial charge in [0.05, 0.1) is 6.20 Å². The SMILES string of the molecule is CC(C)(C)Cc1cccc(Oc2ccc(F)c(F)n2)c1.CC(C)(C)Cc1cccc(Oc2cccc(F)n2)c1.CC(C)Cc1cccc(Oc2cc(F)cc(F)n2)c1.CC(C)Cc1cccc(Oc2ccc(F)cn2)c1. The number of halogens is 6. The summed E-state index contributed by atoms with van der Waals surface area (Å²) in [5.41, 5.74) is 5.04. The quantitative estimate of drug-likeness (QED) is 0.0786. The Morgan fingerprint density at radius 1 is 0.395 bits per heavy atom. The van der Waals surface area contributed by atoms with Gasteiger partial charge in [-0.15, -0.1) is 0 Å². The van der Waals surface area contributed by atoms with E-state index in [9.17, 15) is 26.3 Å². The third-order valence-corrected chi connectivity index (χ3v) is 10.1. The summed E-state index contributed by atoms with van der Waals surface area (Å²) in [6.45, 7) is 21.6. The molecule has 0 saturated heterocycles. The van der Waals surface area contributed by atoms with Crippen molar-refractivity contribution in [3.63, 3.8) is 0 Å². The maximum Gasteiger partial charge on any atom is 0.252 e. The molecule has 0 aliphatic heterocycles. The van der Waals surface area contributed by atoms with E-state index in [-0.39, 0.29) is 34.3 Å². The number of ether oxygens (including phenoxy) is 4. The van der Waals surface area contributed by atoms with E-state index in [0.717, 1.165) is 60.9 Å². The average molecular weight is 1050 g/mol. The van der Waals surface area contributed by atoms with Gasteiger partial charge in [-0.2, -0.15) is 28.1 Å². The Morgan fingerprint density at radius 3 is 1.25 bits per heavy atom. The lowest BCUT2D eigenvalue weighted by molar-refractivity contribution is 0.406. The van der Waals surface area contributed by atoms with Gasteiger partial charge in [-0.1, -0.05) is 124 Å². The third-order valence-electron chi connectivity index (χ3n) is 10.1. The number of hydrogen-bond acceptors (Lipinski definition) is 8. The lowest BCUT2D eigenvalue weighted by atomic mass is 9.88. The Kier molecular flexibility index (Phi) is 22.0. The van der Waals surface area contributed by atoms with Gasteiger partial charge in [0.2, 0.25) is 35.4 Å². The molecule has 0 radical (unpaired) electrons. The molecule has 0 aliphatic rings. The van der Waals surface area contributed by atoms with Crippen molar-refractivity contribution in [3.8, 4) is 46.5 Å². The van der Waals surface area contributed by atoms with Crippen molar-refractivity contribution >= 4 is 0 Å². The van der Waals surface area contributed by atoms with Gasteiger partial charge in [0.15, 0.2) is 5.82 Å². The van der Waals surface area contributed by atoms with Crippen LogP contribution in [-0.2, 0) is 25.7 Å². The molecule has 8 aromatic rings. The molecule has 0 amide bonds. The van der Waals surface area contributed by atoms with Gasteiger partial charge >= 0.3 is 0 Å². The largest absolute Gasteiger partial charge is 0.439 e. The monoisotopic (exact) mass is 1040 g/mol. The average Bonchev–Trinajstić information content (AvgIpc) is 3.30. The van der Waals surface area contributed by atoms with Gasteiger partial charge in [-0.25, -0.2) is 18.2 Å². The maximum absolute atomic E-state index is 13.0. The molecule has 4 aromatic heterocycles. The van der Waals surface area contributed by atoms with E-state index in [1.807, 2.05) is 72.8 Å². The second-order valence-electron chi connectivity index (χ2n) is 21.2. The van der Waals surface area contributed by atoms with Crippen LogP contribution in [-0.4, -0.2) is 19.9 Å². The highest BCUT2D eigenvalue weighted by molar-refractivity contribution is 5.35. The van der Waals surface area contributed by atoms with Crippen LogP contribution in [0, 0.1) is 58.0 Å². The van der Waals surface area contributed by atoms with Crippen molar-refractivity contribution in [1.29, 1.82) is 0 Å². The van der Waals surface area contributed by atoms with E-state index in [4.69, 9.17) is 18.9 Å². The molecule has 4 aromatic carbocycles. The van der Waals surface area contributed by atoms with Crippen LogP contribution in [0.15, 0.2) is 158 Å². The molecule has 14 heteroatoms. The second-order valence-corrected chi connectivity index (χ2v) is 21.2. The summed E-state index contributed by atoms with van der Waals surface area (Å²) >= 11 is 0. The van der Waals surface area contributed by atoms with E-state index in [1.54, 1.807) is 24.3 Å². The molecule has 0 saturated carbocycles. The minimum absolute atomic E-state index is 0.0387. The van der Waals surface area contributed by atoms with Crippen LogP contribution in [0.3, 0.4) is 0 Å². The molecule has 4 heterocycles. The maximum atomic E-state index is 13.0. The van der Waals surface area contributed by atoms with Gasteiger partial charge in [-0.3, -0.25) is 0 Å². The van der Waals surface area contributed by atoms with Crippen molar-refractivity contribution in [2.75, 3.05) is 0 Å². The van der Waals surface area contributed by atoms with Gasteiger partial charge in [0, 0.05) is 30.3 Å². The first-order valence-electron chi connectivity index (χ1n) is 24.9. The zero-order chi connectivity index (χ0) is 55.4. The summed E-state index contributed by atoms with van der Waals surface area (Å²) in [6.07, 6.45) is 4.93. The van der Waals surface area contributed by atoms with E-state index in [0.29, 0.717) is 41.0 Å². The zero-order valence-electron chi connectivity index (χ0n) is 44.7. The second kappa shape index (κ2) is 28.2. The molecular formula is C62H66F6N4O4. The van der Waals surface area contributed by atoms with Crippen LogP contribution < -0.4 is 18.9 Å². The highest BCUT2D eigenvalue weighted by Gasteiger charge is 2.14. The highest BCUT2D eigenvalue weighted by Crippen LogP contribution is 2.29. The van der Waals surface area contributed by atoms with Crippen LogP contribution in [0.2, 0.25) is 0 Å². The molecule has 76 heavy (non-hydrogen) atoms. The van der Waals surface area contributed by atoms with Gasteiger partial charge in [0.25, 0.3) is 5.95 Å². The fourth-order valence-electron chi connectivity index (χ4n) is 7.38. The standard InChI is InChI=1S/C16H17F2NO.C16H18FNO.C15H15F2NO.C15H16FNO/c1-16(2,3)10-11-5-4-6-12(9-11)20-14-8-7-13(17)15(18)19-14;1-16(2,3)11-12-6-4-7-13(10-12)19-15-9-5-8-14(17)18-15;1-10(2)6-11-4-3-5-13(7-11)19-15-9-12(16)8-14(17)18-15;1-11(2)8-12-4-3-5-14(9-12)18-15-7-6-13(16)10-17-15/h4-9H,10H2,1-3H3;4-10H,11H2,1-3H3;3-5,7-10H,6H2,1-2H3;3-7,9-11H,8H2,1-2H3. The van der Waals surface area contributed by atoms with Crippen molar-refractivity contribution in [2.45, 2.75) is 94.9 Å². The van der Waals surface area contributed by atoms with Crippen LogP contribution in [0.5, 0.6) is 46.5 Å². The van der Waals surface area contributed by atoms with Crippen molar-refractivity contribution < 1.29 is 45.3 Å². The molecule has 0 aliphatic carbocycles. The normalized spacial score (nSPS) is 11.1. The summed E-state index contributed by atoms with van der Waals surface area (Å²) in [4.78, 5) is 14.5. The van der Waals surface area contributed by atoms with Gasteiger partial charge < -0.3 is 18.9 Å². The molecule has 0 N–H and O–H groups in total. The molecule has 0 spiro atoms. The number of nitrogens with zero attached hydrogens (tertiary/aromatic N) is 4. The smallest absolute Gasteiger partial charge is 0.252 e. The summed E-state index contributed by atoms with van der Waals surface area (Å²) in [5, 5.41) is 0. The van der Waals surface area contributed by atoms with Crippen molar-refractivity contribution in [1.82, 2.24) is 19.9 Å². The summed E-state index contributed by atoms with van der Waals surface area (Å²) in [6, 6.07) is 42.1. The third kappa shape index (κ3) is 22.8. The molecule has 8 rings (SSSR count). The topological polar surface area (TPSA) is 88.5 Å². The van der Waals surface area contributed by atoms with Crippen LogP contribution in [0.25, 0.3) is 0 Å². The number of hydrogen-bond donors (Lipinski definition) is 0. The first kappa shape index (κ1) is 59.1.